The molecule has 19 heavy (non-hydrogen) atoms. The fraction of sp³-hybridized carbons (Fsp3) is 0.200. The van der Waals surface area contributed by atoms with Crippen molar-refractivity contribution >= 4 is 27.5 Å². The monoisotopic (exact) mass is 342 g/mol. The Bertz CT molecular complexity index is 628. The van der Waals surface area contributed by atoms with Crippen LogP contribution in [0.4, 0.5) is 4.39 Å². The van der Waals surface area contributed by atoms with Crippen LogP contribution in [0.25, 0.3) is 0 Å². The molecule has 0 aliphatic carbocycles. The van der Waals surface area contributed by atoms with Gasteiger partial charge in [-0.05, 0) is 70.2 Å². The summed E-state index contributed by atoms with van der Waals surface area (Å²) in [6, 6.07) is 8.26. The van der Waals surface area contributed by atoms with Gasteiger partial charge in [0.05, 0.1) is 4.47 Å². The second kappa shape index (κ2) is 5.61. The van der Waals surface area contributed by atoms with Crippen LogP contribution in [0.3, 0.4) is 0 Å². The molecular weight excluding hydrogens is 331 g/mol. The minimum absolute atomic E-state index is 0.382. The maximum atomic E-state index is 13.5. The lowest BCUT2D eigenvalue weighted by molar-refractivity contribution is 0.219. The summed E-state index contributed by atoms with van der Waals surface area (Å²) in [7, 11) is 0. The molecule has 1 atom stereocenters. The first-order valence-corrected chi connectivity index (χ1v) is 6.97. The van der Waals surface area contributed by atoms with Gasteiger partial charge in [0.1, 0.15) is 11.9 Å². The molecule has 1 nitrogen and oxygen atoms in total. The molecule has 0 radical (unpaired) electrons. The highest BCUT2D eigenvalue weighted by Gasteiger charge is 2.15. The van der Waals surface area contributed by atoms with E-state index >= 15 is 0 Å². The van der Waals surface area contributed by atoms with E-state index in [1.807, 2.05) is 26.0 Å². The van der Waals surface area contributed by atoms with Crippen LogP contribution in [0, 0.1) is 19.7 Å². The quantitative estimate of drug-likeness (QED) is 0.819. The van der Waals surface area contributed by atoms with E-state index in [0.717, 1.165) is 16.7 Å². The van der Waals surface area contributed by atoms with Crippen LogP contribution in [0.5, 0.6) is 0 Å². The lowest BCUT2D eigenvalue weighted by atomic mass is 9.96. The minimum atomic E-state index is -0.862. The number of hydrogen-bond acceptors (Lipinski definition) is 1. The van der Waals surface area contributed by atoms with Crippen molar-refractivity contribution in [3.8, 4) is 0 Å². The SMILES string of the molecule is Cc1cc(C(O)c2ccc(Br)c(F)c2)c(C)cc1Cl. The second-order valence-corrected chi connectivity index (χ2v) is 5.80. The zero-order valence-corrected chi connectivity index (χ0v) is 12.9. The lowest BCUT2D eigenvalue weighted by Gasteiger charge is -2.16. The maximum Gasteiger partial charge on any atom is 0.137 e. The fourth-order valence-electron chi connectivity index (χ4n) is 1.96. The third-order valence-electron chi connectivity index (χ3n) is 3.10. The number of rotatable bonds is 2. The van der Waals surface area contributed by atoms with Gasteiger partial charge < -0.3 is 5.11 Å². The molecule has 4 heteroatoms. The van der Waals surface area contributed by atoms with Crippen LogP contribution in [0.15, 0.2) is 34.8 Å². The average Bonchev–Trinajstić information content (AvgIpc) is 2.36. The molecule has 0 heterocycles. The van der Waals surface area contributed by atoms with E-state index in [9.17, 15) is 9.50 Å². The van der Waals surface area contributed by atoms with Gasteiger partial charge in [-0.3, -0.25) is 0 Å². The van der Waals surface area contributed by atoms with Crippen LogP contribution < -0.4 is 0 Å². The summed E-state index contributed by atoms with van der Waals surface area (Å²) in [5.41, 5.74) is 3.03. The molecule has 0 bridgehead atoms. The third kappa shape index (κ3) is 2.99. The zero-order valence-electron chi connectivity index (χ0n) is 10.5. The van der Waals surface area contributed by atoms with E-state index in [4.69, 9.17) is 11.6 Å². The fourth-order valence-corrected chi connectivity index (χ4v) is 2.42. The summed E-state index contributed by atoms with van der Waals surface area (Å²) in [4.78, 5) is 0. The topological polar surface area (TPSA) is 20.2 Å². The van der Waals surface area contributed by atoms with E-state index < -0.39 is 6.10 Å². The molecule has 2 rings (SSSR count). The number of hydrogen-bond donors (Lipinski definition) is 1. The van der Waals surface area contributed by atoms with Crippen molar-refractivity contribution in [2.24, 2.45) is 0 Å². The Morgan fingerprint density at radius 3 is 2.47 bits per heavy atom. The van der Waals surface area contributed by atoms with Crippen molar-refractivity contribution in [2.45, 2.75) is 20.0 Å². The summed E-state index contributed by atoms with van der Waals surface area (Å²) >= 11 is 9.13. The summed E-state index contributed by atoms with van der Waals surface area (Å²) in [5.74, 6) is -0.389. The van der Waals surface area contributed by atoms with E-state index in [2.05, 4.69) is 15.9 Å². The predicted octanol–water partition coefficient (Wildman–Crippen LogP) is 4.94. The van der Waals surface area contributed by atoms with Crippen molar-refractivity contribution in [1.82, 2.24) is 0 Å². The first-order chi connectivity index (χ1) is 8.90. The molecule has 0 fully saturated rings. The molecule has 0 aliphatic heterocycles. The molecule has 0 saturated heterocycles. The molecule has 100 valence electrons. The zero-order chi connectivity index (χ0) is 14.2. The first kappa shape index (κ1) is 14.5. The van der Waals surface area contributed by atoms with Crippen LogP contribution in [-0.4, -0.2) is 5.11 Å². The van der Waals surface area contributed by atoms with Crippen LogP contribution >= 0.6 is 27.5 Å². The maximum absolute atomic E-state index is 13.5. The molecule has 2 aromatic carbocycles. The Morgan fingerprint density at radius 1 is 1.16 bits per heavy atom. The largest absolute Gasteiger partial charge is 0.384 e. The molecule has 1 unspecified atom stereocenters. The van der Waals surface area contributed by atoms with Gasteiger partial charge in [-0.1, -0.05) is 23.7 Å². The number of benzene rings is 2. The van der Waals surface area contributed by atoms with Gasteiger partial charge >= 0.3 is 0 Å². The van der Waals surface area contributed by atoms with E-state index in [-0.39, 0.29) is 5.82 Å². The Balaban J connectivity index is 2.46. The molecule has 0 amide bonds. The van der Waals surface area contributed by atoms with Gasteiger partial charge in [0, 0.05) is 5.02 Å². The van der Waals surface area contributed by atoms with Crippen molar-refractivity contribution in [3.63, 3.8) is 0 Å². The number of aryl methyl sites for hydroxylation is 2. The van der Waals surface area contributed by atoms with E-state index in [1.54, 1.807) is 12.1 Å². The highest BCUT2D eigenvalue weighted by Crippen LogP contribution is 2.30. The van der Waals surface area contributed by atoms with Crippen molar-refractivity contribution in [3.05, 3.63) is 67.9 Å². The minimum Gasteiger partial charge on any atom is -0.384 e. The predicted molar refractivity (Wildman–Crippen MR) is 79.1 cm³/mol. The lowest BCUT2D eigenvalue weighted by Crippen LogP contribution is -2.03. The summed E-state index contributed by atoms with van der Waals surface area (Å²) in [6.07, 6.45) is -0.862. The molecule has 1 N–H and O–H groups in total. The van der Waals surface area contributed by atoms with Gasteiger partial charge in [0.15, 0.2) is 0 Å². The van der Waals surface area contributed by atoms with E-state index in [0.29, 0.717) is 15.1 Å². The van der Waals surface area contributed by atoms with Crippen molar-refractivity contribution in [1.29, 1.82) is 0 Å². The van der Waals surface area contributed by atoms with Crippen LogP contribution in [-0.2, 0) is 0 Å². The van der Waals surface area contributed by atoms with Gasteiger partial charge in [-0.15, -0.1) is 0 Å². The molecule has 2 aromatic rings. The summed E-state index contributed by atoms with van der Waals surface area (Å²) in [6.45, 7) is 3.75. The standard InChI is InChI=1S/C15H13BrClFO/c1-8-6-13(17)9(2)5-11(8)15(19)10-3-4-12(16)14(18)7-10/h3-7,15,19H,1-2H3. The van der Waals surface area contributed by atoms with Gasteiger partial charge in [-0.2, -0.15) is 0 Å². The molecule has 0 aromatic heterocycles. The first-order valence-electron chi connectivity index (χ1n) is 5.80. The number of aliphatic hydroxyl groups is 1. The summed E-state index contributed by atoms with van der Waals surface area (Å²) in [5, 5.41) is 11.0. The van der Waals surface area contributed by atoms with Crippen LogP contribution in [0.1, 0.15) is 28.4 Å². The number of aliphatic hydroxyl groups excluding tert-OH is 1. The van der Waals surface area contributed by atoms with E-state index in [1.165, 1.54) is 6.07 Å². The third-order valence-corrected chi connectivity index (χ3v) is 4.15. The Kier molecular flexibility index (Phi) is 4.29. The molecular formula is C15H13BrClFO. The van der Waals surface area contributed by atoms with Crippen LogP contribution in [0.2, 0.25) is 5.02 Å². The molecule has 0 saturated carbocycles. The Hall–Kier alpha value is -0.900. The highest BCUT2D eigenvalue weighted by molar-refractivity contribution is 9.10. The van der Waals surface area contributed by atoms with Gasteiger partial charge in [0.2, 0.25) is 0 Å². The normalized spacial score (nSPS) is 12.5. The Morgan fingerprint density at radius 2 is 1.84 bits per heavy atom. The smallest absolute Gasteiger partial charge is 0.137 e. The molecule has 0 spiro atoms. The van der Waals surface area contributed by atoms with Crippen molar-refractivity contribution in [2.75, 3.05) is 0 Å². The van der Waals surface area contributed by atoms with Gasteiger partial charge in [0.25, 0.3) is 0 Å². The van der Waals surface area contributed by atoms with Crippen molar-refractivity contribution < 1.29 is 9.50 Å². The Labute approximate surface area is 125 Å². The highest BCUT2D eigenvalue weighted by atomic mass is 79.9. The summed E-state index contributed by atoms with van der Waals surface area (Å²) < 4.78 is 13.9. The van der Waals surface area contributed by atoms with Gasteiger partial charge in [-0.25, -0.2) is 4.39 Å². The second-order valence-electron chi connectivity index (χ2n) is 4.53. The molecule has 0 aliphatic rings. The average molecular weight is 344 g/mol. The number of halogens is 3.